The Labute approximate surface area is 200 Å². The maximum Gasteiger partial charge on any atom is 0.282 e. The van der Waals surface area contributed by atoms with Gasteiger partial charge in [0.1, 0.15) is 17.7 Å². The molecule has 1 saturated heterocycles. The lowest BCUT2D eigenvalue weighted by atomic mass is 10.1. The molecule has 0 aliphatic carbocycles. The lowest BCUT2D eigenvalue weighted by Gasteiger charge is -2.32. The van der Waals surface area contributed by atoms with Crippen molar-refractivity contribution in [3.63, 3.8) is 0 Å². The van der Waals surface area contributed by atoms with Crippen LogP contribution in [0.1, 0.15) is 11.9 Å². The molecular weight excluding hydrogens is 472 g/mol. The fraction of sp³-hybridized carbons (Fsp3) is 0.182. The molecule has 1 aromatic carbocycles. The first-order chi connectivity index (χ1) is 17.0. The second-order valence-electron chi connectivity index (χ2n) is 7.91. The van der Waals surface area contributed by atoms with Gasteiger partial charge in [-0.1, -0.05) is 0 Å². The summed E-state index contributed by atoms with van der Waals surface area (Å²) < 4.78 is 11.9. The Bertz CT molecular complexity index is 1630. The second-order valence-corrected chi connectivity index (χ2v) is 8.68. The van der Waals surface area contributed by atoms with Crippen LogP contribution in [0, 0.1) is 0 Å². The summed E-state index contributed by atoms with van der Waals surface area (Å²) in [4.78, 5) is 38.5. The van der Waals surface area contributed by atoms with Crippen LogP contribution < -0.4 is 16.2 Å². The standard InChI is InChI=1S/C22H18N8O4S/c23-19-12-1-2-13-15(18(12)35-28-19)21(32)26-20(25-13)16(31)17-22(33)29(9-10-34-17)14-5-8-30(27-14)11-3-6-24-7-4-11/h1-8,16-17,31H,9-10H2,(H2,23,28)(H,25,26,32)/t16?,17-/m1/s1. The number of carbonyl (C=O) groups is 1. The molecule has 5 heterocycles. The third kappa shape index (κ3) is 3.53. The third-order valence-corrected chi connectivity index (χ3v) is 6.73. The number of carbonyl (C=O) groups excluding carboxylic acids is 1. The number of nitrogens with zero attached hydrogens (tertiary/aromatic N) is 6. The summed E-state index contributed by atoms with van der Waals surface area (Å²) in [5.41, 5.74) is 6.55. The number of fused-ring (bicyclic) bond motifs is 3. The molecule has 2 atom stereocenters. The molecule has 0 spiro atoms. The fourth-order valence-electron chi connectivity index (χ4n) is 4.11. The molecule has 0 saturated carbocycles. The predicted molar refractivity (Wildman–Crippen MR) is 128 cm³/mol. The number of aromatic amines is 1. The minimum Gasteiger partial charge on any atom is -0.382 e. The number of aliphatic hydroxyl groups is 1. The number of nitrogens with two attached hydrogens (primary N) is 1. The summed E-state index contributed by atoms with van der Waals surface area (Å²) in [5, 5.41) is 16.5. The lowest BCUT2D eigenvalue weighted by Crippen LogP contribution is -2.50. The van der Waals surface area contributed by atoms with Crippen LogP contribution in [0.25, 0.3) is 26.7 Å². The Morgan fingerprint density at radius 2 is 2.03 bits per heavy atom. The average molecular weight is 491 g/mol. The Morgan fingerprint density at radius 1 is 1.20 bits per heavy atom. The van der Waals surface area contributed by atoms with E-state index in [2.05, 4.69) is 24.4 Å². The second kappa shape index (κ2) is 8.23. The topological polar surface area (TPSA) is 165 Å². The zero-order valence-electron chi connectivity index (χ0n) is 18.0. The van der Waals surface area contributed by atoms with Gasteiger partial charge in [0, 0.05) is 30.0 Å². The Morgan fingerprint density at radius 3 is 2.86 bits per heavy atom. The number of H-pyrrole nitrogens is 1. The number of nitrogens with one attached hydrogen (secondary N) is 1. The van der Waals surface area contributed by atoms with E-state index in [9.17, 15) is 14.7 Å². The van der Waals surface area contributed by atoms with Crippen molar-refractivity contribution in [3.05, 3.63) is 65.1 Å². The van der Waals surface area contributed by atoms with E-state index in [4.69, 9.17) is 10.5 Å². The highest BCUT2D eigenvalue weighted by molar-refractivity contribution is 7.14. The Hall–Kier alpha value is -4.20. The number of amides is 1. The maximum absolute atomic E-state index is 13.3. The van der Waals surface area contributed by atoms with E-state index in [1.807, 2.05) is 0 Å². The molecule has 0 bridgehead atoms. The predicted octanol–water partition coefficient (Wildman–Crippen LogP) is 1.16. The van der Waals surface area contributed by atoms with Crippen molar-refractivity contribution in [2.45, 2.75) is 12.2 Å². The number of aromatic nitrogens is 6. The van der Waals surface area contributed by atoms with E-state index in [-0.39, 0.29) is 19.0 Å². The average Bonchev–Trinajstić information content (AvgIpc) is 3.51. The number of nitrogen functional groups attached to an aromatic ring is 1. The molecule has 1 aliphatic heterocycles. The van der Waals surface area contributed by atoms with Crippen molar-refractivity contribution in [2.75, 3.05) is 23.8 Å². The maximum atomic E-state index is 13.3. The van der Waals surface area contributed by atoms with Gasteiger partial charge in [0.05, 0.1) is 34.4 Å². The van der Waals surface area contributed by atoms with Crippen molar-refractivity contribution in [1.82, 2.24) is 29.1 Å². The molecule has 4 aromatic heterocycles. The summed E-state index contributed by atoms with van der Waals surface area (Å²) >= 11 is 1.10. The highest BCUT2D eigenvalue weighted by Gasteiger charge is 2.38. The van der Waals surface area contributed by atoms with Crippen LogP contribution in [0.2, 0.25) is 0 Å². The molecule has 5 aromatic rings. The number of aliphatic hydroxyl groups excluding tert-OH is 1. The van der Waals surface area contributed by atoms with Crippen LogP contribution in [0.3, 0.4) is 0 Å². The number of morpholine rings is 1. The molecule has 1 unspecified atom stereocenters. The summed E-state index contributed by atoms with van der Waals surface area (Å²) in [7, 11) is 0. The van der Waals surface area contributed by atoms with Gasteiger partial charge in [0.25, 0.3) is 11.5 Å². The first kappa shape index (κ1) is 21.3. The third-order valence-electron chi connectivity index (χ3n) is 5.83. The highest BCUT2D eigenvalue weighted by Crippen LogP contribution is 2.30. The van der Waals surface area contributed by atoms with E-state index in [0.29, 0.717) is 32.6 Å². The summed E-state index contributed by atoms with van der Waals surface area (Å²) in [5.74, 6) is 0.194. The van der Waals surface area contributed by atoms with Gasteiger partial charge in [-0.3, -0.25) is 19.5 Å². The summed E-state index contributed by atoms with van der Waals surface area (Å²) in [6.45, 7) is 0.440. The number of ether oxygens (including phenoxy) is 1. The van der Waals surface area contributed by atoms with Gasteiger partial charge in [0.15, 0.2) is 11.9 Å². The lowest BCUT2D eigenvalue weighted by molar-refractivity contribution is -0.143. The van der Waals surface area contributed by atoms with Gasteiger partial charge in [0.2, 0.25) is 0 Å². The molecular formula is C22H18N8O4S. The van der Waals surface area contributed by atoms with Crippen molar-refractivity contribution >= 4 is 50.1 Å². The summed E-state index contributed by atoms with van der Waals surface area (Å²) in [6, 6.07) is 8.70. The van der Waals surface area contributed by atoms with Gasteiger partial charge < -0.3 is 20.6 Å². The van der Waals surface area contributed by atoms with Crippen LogP contribution in [-0.2, 0) is 9.53 Å². The normalized spacial score (nSPS) is 17.3. The van der Waals surface area contributed by atoms with E-state index in [1.54, 1.807) is 53.6 Å². The molecule has 13 heteroatoms. The number of anilines is 2. The van der Waals surface area contributed by atoms with Crippen molar-refractivity contribution < 1.29 is 14.6 Å². The SMILES string of the molecule is Nc1nsc2c1ccc1[nH]c(C(O)[C@H]3OCCN(c4ccn(-c5ccncc5)n4)C3=O)nc(=O)c12. The van der Waals surface area contributed by atoms with Gasteiger partial charge in [-0.25, -0.2) is 4.68 Å². The zero-order valence-corrected chi connectivity index (χ0v) is 18.8. The molecule has 0 radical (unpaired) electrons. The highest BCUT2D eigenvalue weighted by atomic mass is 32.1. The number of hydrogen-bond acceptors (Lipinski definition) is 10. The van der Waals surface area contributed by atoms with Crippen LogP contribution in [0.5, 0.6) is 0 Å². The van der Waals surface area contributed by atoms with Crippen molar-refractivity contribution in [3.8, 4) is 5.69 Å². The Balaban J connectivity index is 1.31. The van der Waals surface area contributed by atoms with E-state index in [1.165, 1.54) is 4.90 Å². The molecule has 4 N–H and O–H groups in total. The monoisotopic (exact) mass is 490 g/mol. The van der Waals surface area contributed by atoms with Gasteiger partial charge >= 0.3 is 0 Å². The van der Waals surface area contributed by atoms with Crippen LogP contribution in [0.15, 0.2) is 53.7 Å². The number of benzene rings is 1. The Kier molecular flexibility index (Phi) is 5.02. The molecule has 12 nitrogen and oxygen atoms in total. The van der Waals surface area contributed by atoms with Crippen LogP contribution in [0.4, 0.5) is 11.6 Å². The molecule has 35 heavy (non-hydrogen) atoms. The molecule has 176 valence electrons. The summed E-state index contributed by atoms with van der Waals surface area (Å²) in [6.07, 6.45) is 2.27. The smallest absolute Gasteiger partial charge is 0.282 e. The number of rotatable bonds is 4. The van der Waals surface area contributed by atoms with Gasteiger partial charge in [-0.05, 0) is 35.8 Å². The van der Waals surface area contributed by atoms with Gasteiger partial charge in [-0.15, -0.1) is 5.10 Å². The molecule has 1 amide bonds. The van der Waals surface area contributed by atoms with E-state index >= 15 is 0 Å². The first-order valence-electron chi connectivity index (χ1n) is 10.7. The minimum absolute atomic E-state index is 0.0677. The van der Waals surface area contributed by atoms with E-state index in [0.717, 1.165) is 17.2 Å². The largest absolute Gasteiger partial charge is 0.382 e. The molecule has 1 fully saturated rings. The first-order valence-corrected chi connectivity index (χ1v) is 11.4. The van der Waals surface area contributed by atoms with Gasteiger partial charge in [-0.2, -0.15) is 9.36 Å². The minimum atomic E-state index is -1.49. The fourth-order valence-corrected chi connectivity index (χ4v) is 4.96. The zero-order chi connectivity index (χ0) is 24.1. The van der Waals surface area contributed by atoms with Crippen LogP contribution in [-0.4, -0.2) is 59.4 Å². The molecule has 6 rings (SSSR count). The molecule has 1 aliphatic rings. The quantitative estimate of drug-likeness (QED) is 0.335. The number of hydrogen-bond donors (Lipinski definition) is 3. The van der Waals surface area contributed by atoms with Crippen LogP contribution >= 0.6 is 11.5 Å². The van der Waals surface area contributed by atoms with E-state index < -0.39 is 23.7 Å². The number of pyridine rings is 1. The van der Waals surface area contributed by atoms with Crippen molar-refractivity contribution in [2.24, 2.45) is 0 Å². The van der Waals surface area contributed by atoms with Crippen molar-refractivity contribution in [1.29, 1.82) is 0 Å².